The highest BCUT2D eigenvalue weighted by Gasteiger charge is 2.50. The molecule has 66 heavy (non-hydrogen) atoms. The van der Waals surface area contributed by atoms with Crippen LogP contribution in [0.5, 0.6) is 23.0 Å². The van der Waals surface area contributed by atoms with E-state index in [9.17, 15) is 44.7 Å². The number of nitrogens with one attached hydrogen (secondary N) is 2. The molecule has 9 atom stereocenters. The third-order valence-electron chi connectivity index (χ3n) is 12.6. The van der Waals surface area contributed by atoms with E-state index >= 15 is 0 Å². The van der Waals surface area contributed by atoms with E-state index in [4.69, 9.17) is 18.9 Å². The normalized spacial score (nSPS) is 27.6. The Morgan fingerprint density at radius 2 is 1.61 bits per heavy atom. The van der Waals surface area contributed by atoms with Crippen molar-refractivity contribution in [3.8, 4) is 23.0 Å². The van der Waals surface area contributed by atoms with Gasteiger partial charge in [-0.25, -0.2) is 5.43 Å². The lowest BCUT2D eigenvalue weighted by atomic mass is 9.78. The molecule has 0 fully saturated rings. The van der Waals surface area contributed by atoms with Gasteiger partial charge >= 0.3 is 11.8 Å². The number of aliphatic hydroxyl groups is 2. The molecule has 7 rings (SSSR count). The molecular weight excluding hydrogens is 851 g/mol. The number of carbonyl (C=O) groups excluding carboxylic acids is 4. The average molecular weight is 908 g/mol. The van der Waals surface area contributed by atoms with Crippen LogP contribution in [-0.4, -0.2) is 92.6 Å². The number of carbonyl (C=O) groups is 4. The minimum Gasteiger partial charge on any atom is -0.507 e. The molecule has 3 aliphatic heterocycles. The maximum absolute atomic E-state index is 14.5. The number of rotatable bonds is 6. The average Bonchev–Trinajstić information content (AvgIpc) is 3.55. The molecule has 0 saturated carbocycles. The number of aliphatic hydroxyl groups excluding tert-OH is 2. The van der Waals surface area contributed by atoms with Crippen LogP contribution in [-0.2, 0) is 35.0 Å². The maximum Gasteiger partial charge on any atom is 0.312 e. The summed E-state index contributed by atoms with van der Waals surface area (Å²) in [6.07, 6.45) is 4.15. The second-order valence-electron chi connectivity index (χ2n) is 17.2. The number of phenolic OH excluding ortho intramolecular Hbond substituents is 3. The lowest BCUT2D eigenvalue weighted by molar-refractivity contribution is -0.160. The molecule has 2 amide bonds. The zero-order chi connectivity index (χ0) is 48.4. The van der Waals surface area contributed by atoms with Gasteiger partial charge in [0.1, 0.15) is 23.4 Å². The summed E-state index contributed by atoms with van der Waals surface area (Å²) in [5.41, 5.74) is 2.21. The summed E-state index contributed by atoms with van der Waals surface area (Å²) in [5, 5.41) is 66.4. The molecule has 3 aliphatic rings. The van der Waals surface area contributed by atoms with Gasteiger partial charge in [-0.05, 0) is 36.3 Å². The van der Waals surface area contributed by atoms with Crippen LogP contribution >= 0.6 is 0 Å². The summed E-state index contributed by atoms with van der Waals surface area (Å²) >= 11 is 0. The van der Waals surface area contributed by atoms with Gasteiger partial charge in [0, 0.05) is 61.2 Å². The van der Waals surface area contributed by atoms with Gasteiger partial charge in [0.05, 0.1) is 59.4 Å². The summed E-state index contributed by atoms with van der Waals surface area (Å²) in [6.45, 7) is 12.3. The maximum atomic E-state index is 14.5. The number of ketones is 1. The molecule has 0 aromatic heterocycles. The van der Waals surface area contributed by atoms with Crippen molar-refractivity contribution in [2.75, 3.05) is 12.4 Å². The SMILES string of the molecule is CO[C@H]1C=CO[C@@]2(C)Oc3c(C)c(O)c4c(O)c(c(/C=N/NC(=O)Cc5cccc6ccccc56)c(O)c4c3C2=O)NC(=O)/C(C)=C\C=C/[C@H](C)[C@H](O)[C@@H](C)[C@@H](O)[C@@H](C)[C@H](OC(C)=O)[C@@H]1C. The number of nitrogens with zero attached hydrogens (tertiary/aromatic N) is 1. The lowest BCUT2D eigenvalue weighted by Gasteiger charge is -2.38. The third-order valence-corrected chi connectivity index (χ3v) is 12.6. The van der Waals surface area contributed by atoms with Crippen LogP contribution < -0.4 is 15.5 Å². The number of esters is 1. The van der Waals surface area contributed by atoms with Crippen molar-refractivity contribution >= 4 is 57.0 Å². The first kappa shape index (κ1) is 48.7. The molecular formula is C50H57N3O13. The first-order chi connectivity index (χ1) is 31.2. The van der Waals surface area contributed by atoms with Gasteiger partial charge in [-0.15, -0.1) is 0 Å². The summed E-state index contributed by atoms with van der Waals surface area (Å²) in [6, 6.07) is 13.1. The Kier molecular flexibility index (Phi) is 14.6. The number of methoxy groups -OCH3 is 1. The van der Waals surface area contributed by atoms with Gasteiger partial charge in [-0.3, -0.25) is 19.2 Å². The van der Waals surface area contributed by atoms with Crippen LogP contribution in [0.1, 0.15) is 75.5 Å². The smallest absolute Gasteiger partial charge is 0.312 e. The second kappa shape index (κ2) is 19.8. The summed E-state index contributed by atoms with van der Waals surface area (Å²) in [5.74, 6) is -9.70. The van der Waals surface area contributed by atoms with E-state index in [-0.39, 0.29) is 39.8 Å². The van der Waals surface area contributed by atoms with Crippen molar-refractivity contribution in [3.05, 3.63) is 101 Å². The van der Waals surface area contributed by atoms with E-state index < -0.39 is 106 Å². The number of fused-ring (bicyclic) bond motifs is 15. The van der Waals surface area contributed by atoms with Crippen LogP contribution in [0.3, 0.4) is 0 Å². The monoisotopic (exact) mass is 907 g/mol. The molecule has 16 heteroatoms. The number of amides is 2. The van der Waals surface area contributed by atoms with Crippen molar-refractivity contribution in [1.29, 1.82) is 0 Å². The van der Waals surface area contributed by atoms with Gasteiger partial charge in [0.2, 0.25) is 5.91 Å². The lowest BCUT2D eigenvalue weighted by Crippen LogP contribution is -2.46. The van der Waals surface area contributed by atoms with E-state index in [1.807, 2.05) is 42.5 Å². The van der Waals surface area contributed by atoms with Crippen LogP contribution in [0.25, 0.3) is 21.5 Å². The number of phenols is 3. The van der Waals surface area contributed by atoms with Gasteiger partial charge in [-0.1, -0.05) is 88.4 Å². The van der Waals surface area contributed by atoms with Gasteiger partial charge in [0.15, 0.2) is 5.75 Å². The van der Waals surface area contributed by atoms with Crippen LogP contribution in [0.2, 0.25) is 0 Å². The second-order valence-corrected chi connectivity index (χ2v) is 17.2. The molecule has 7 N–H and O–H groups in total. The third kappa shape index (κ3) is 9.48. The predicted molar refractivity (Wildman–Crippen MR) is 247 cm³/mol. The van der Waals surface area contributed by atoms with Crippen LogP contribution in [0, 0.1) is 30.6 Å². The Morgan fingerprint density at radius 1 is 0.909 bits per heavy atom. The Morgan fingerprint density at radius 3 is 2.30 bits per heavy atom. The number of aromatic hydroxyl groups is 3. The van der Waals surface area contributed by atoms with Gasteiger partial charge in [0.25, 0.3) is 11.7 Å². The van der Waals surface area contributed by atoms with Crippen molar-refractivity contribution in [3.63, 3.8) is 0 Å². The number of benzene rings is 4. The van der Waals surface area contributed by atoms with Gasteiger partial charge < -0.3 is 49.8 Å². The van der Waals surface area contributed by atoms with E-state index in [0.717, 1.165) is 28.8 Å². The predicted octanol–water partition coefficient (Wildman–Crippen LogP) is 6.60. The first-order valence-electron chi connectivity index (χ1n) is 21.6. The minimum atomic E-state index is -2.12. The molecule has 0 aliphatic carbocycles. The number of hydrazone groups is 1. The van der Waals surface area contributed by atoms with Crippen molar-refractivity contribution in [2.24, 2.45) is 28.8 Å². The number of allylic oxidation sites excluding steroid dienone is 2. The number of anilines is 1. The molecule has 0 radical (unpaired) electrons. The van der Waals surface area contributed by atoms with E-state index in [2.05, 4.69) is 15.8 Å². The molecule has 0 spiro atoms. The number of hydrogen-bond acceptors (Lipinski definition) is 14. The Bertz CT molecular complexity index is 2680. The first-order valence-corrected chi connectivity index (χ1v) is 21.6. The molecule has 4 aromatic carbocycles. The van der Waals surface area contributed by atoms with Crippen molar-refractivity contribution in [1.82, 2.24) is 5.43 Å². The zero-order valence-corrected chi connectivity index (χ0v) is 38.3. The number of ether oxygens (including phenoxy) is 4. The molecule has 5 bridgehead atoms. The summed E-state index contributed by atoms with van der Waals surface area (Å²) < 4.78 is 23.6. The minimum absolute atomic E-state index is 0.00585. The Labute approximate surface area is 382 Å². The molecule has 0 saturated heterocycles. The number of Topliss-reactive ketones (excluding diaryl/α,β-unsaturated/α-hetero) is 1. The van der Waals surface area contributed by atoms with E-state index in [1.54, 1.807) is 33.8 Å². The van der Waals surface area contributed by atoms with Crippen molar-refractivity contribution < 1.29 is 63.7 Å². The van der Waals surface area contributed by atoms with Crippen molar-refractivity contribution in [2.45, 2.75) is 92.0 Å². The standard InChI is InChI=1S/C50H57N3O13/c1-24-14-12-15-25(2)49(62)52-40-34(23-51-53-36(55)22-32-18-13-17-31-16-10-11-19-33(31)32)44(59)37-38(45(40)60)43(58)29(6)47-39(37)48(61)50(8,66-47)64-21-20-35(63-9)26(3)46(65-30(7)54)28(5)42(57)27(4)41(24)56/h10-21,23-24,26-28,35,41-42,46,56-60H,22H2,1-9H3,(H,52,62)(H,53,55)/b14-12-,21-20?,25-15-,51-23+/t24-,26+,27+,28+,35-,41-,42+,46+,50-/m0/s1. The highest BCUT2D eigenvalue weighted by Crippen LogP contribution is 2.55. The fourth-order valence-corrected chi connectivity index (χ4v) is 8.70. The molecule has 3 heterocycles. The van der Waals surface area contributed by atoms with Crippen LogP contribution in [0.15, 0.2) is 83.7 Å². The Balaban J connectivity index is 1.48. The topological polar surface area (TPSA) is 243 Å². The molecule has 16 nitrogen and oxygen atoms in total. The molecule has 350 valence electrons. The highest BCUT2D eigenvalue weighted by atomic mass is 16.7. The molecule has 4 aromatic rings. The van der Waals surface area contributed by atoms with Gasteiger partial charge in [-0.2, -0.15) is 5.10 Å². The summed E-state index contributed by atoms with van der Waals surface area (Å²) in [7, 11) is 1.42. The zero-order valence-electron chi connectivity index (χ0n) is 38.3. The van der Waals surface area contributed by atoms with Crippen LogP contribution in [0.4, 0.5) is 5.69 Å². The quantitative estimate of drug-likeness (QED) is 0.0355. The summed E-state index contributed by atoms with van der Waals surface area (Å²) in [4.78, 5) is 54.0. The van der Waals surface area contributed by atoms with E-state index in [0.29, 0.717) is 0 Å². The highest BCUT2D eigenvalue weighted by molar-refractivity contribution is 6.24. The fraction of sp³-hybridized carbons (Fsp3) is 0.380. The fourth-order valence-electron chi connectivity index (χ4n) is 8.70. The van der Waals surface area contributed by atoms with E-state index in [1.165, 1.54) is 53.0 Å². The Hall–Kier alpha value is -6.75. The molecule has 0 unspecified atom stereocenters. The largest absolute Gasteiger partial charge is 0.507 e. The number of hydrogen-bond donors (Lipinski definition) is 7.